The van der Waals surface area contributed by atoms with Gasteiger partial charge in [-0.25, -0.2) is 0 Å². The number of benzene rings is 2. The van der Waals surface area contributed by atoms with Gasteiger partial charge in [-0.2, -0.15) is 0 Å². The molecule has 2 aromatic carbocycles. The largest absolute Gasteiger partial charge is 0.508 e. The van der Waals surface area contributed by atoms with E-state index < -0.39 is 17.7 Å². The van der Waals surface area contributed by atoms with Crippen LogP contribution in [-0.4, -0.2) is 66.0 Å². The third-order valence-electron chi connectivity index (χ3n) is 5.07. The van der Waals surface area contributed by atoms with Crippen LogP contribution in [0.25, 0.3) is 5.76 Å². The Bertz CT molecular complexity index is 983. The third-order valence-corrected chi connectivity index (χ3v) is 5.07. The van der Waals surface area contributed by atoms with Gasteiger partial charge >= 0.3 is 0 Å². The van der Waals surface area contributed by atoms with Crippen LogP contribution in [0.1, 0.15) is 23.6 Å². The molecule has 1 saturated heterocycles. The Balaban J connectivity index is 2.11. The first-order valence-corrected chi connectivity index (χ1v) is 9.70. The molecule has 30 heavy (non-hydrogen) atoms. The zero-order chi connectivity index (χ0) is 21.8. The number of phenols is 1. The zero-order valence-corrected chi connectivity index (χ0v) is 17.3. The number of hydrogen-bond donors (Lipinski definition) is 2. The van der Waals surface area contributed by atoms with E-state index in [2.05, 4.69) is 0 Å². The molecule has 1 amide bonds. The summed E-state index contributed by atoms with van der Waals surface area (Å²) in [6, 6.07) is 12.3. The van der Waals surface area contributed by atoms with Crippen LogP contribution in [0.15, 0.2) is 54.1 Å². The molecule has 1 aliphatic rings. The molecule has 2 N–H and O–H groups in total. The van der Waals surface area contributed by atoms with Gasteiger partial charge in [0.2, 0.25) is 0 Å². The Kier molecular flexibility index (Phi) is 6.42. The fourth-order valence-corrected chi connectivity index (χ4v) is 3.64. The van der Waals surface area contributed by atoms with Crippen molar-refractivity contribution in [3.05, 3.63) is 65.2 Å². The van der Waals surface area contributed by atoms with Gasteiger partial charge in [0.05, 0.1) is 18.7 Å². The number of carbonyl (C=O) groups excluding carboxylic acids is 2. The standard InChI is InChI=1S/C23H26N2O5/c1-24(2)11-6-12-25-20(15-7-4-9-17(26)13-15)19(22(28)23(25)29)21(27)16-8-5-10-18(14-16)30-3/h4-5,7-10,13-14,20,26-27H,6,11-12H2,1-3H3/b21-19+. The molecule has 0 aromatic heterocycles. The third kappa shape index (κ3) is 4.31. The smallest absolute Gasteiger partial charge is 0.295 e. The van der Waals surface area contributed by atoms with Crippen molar-refractivity contribution in [3.8, 4) is 11.5 Å². The molecule has 0 saturated carbocycles. The van der Waals surface area contributed by atoms with Crippen molar-refractivity contribution in [1.29, 1.82) is 0 Å². The molecule has 0 spiro atoms. The van der Waals surface area contributed by atoms with Gasteiger partial charge in [0.15, 0.2) is 0 Å². The number of likely N-dealkylation sites (tertiary alicyclic amines) is 1. The van der Waals surface area contributed by atoms with E-state index in [0.29, 0.717) is 29.8 Å². The van der Waals surface area contributed by atoms with Crippen molar-refractivity contribution < 1.29 is 24.5 Å². The number of ketones is 1. The molecule has 0 aliphatic carbocycles. The minimum absolute atomic E-state index is 0.00343. The van der Waals surface area contributed by atoms with E-state index in [1.54, 1.807) is 36.4 Å². The second-order valence-electron chi connectivity index (χ2n) is 7.48. The van der Waals surface area contributed by atoms with Gasteiger partial charge in [0, 0.05) is 12.1 Å². The van der Waals surface area contributed by atoms with Crippen molar-refractivity contribution in [2.24, 2.45) is 0 Å². The van der Waals surface area contributed by atoms with Crippen LogP contribution < -0.4 is 4.74 Å². The van der Waals surface area contributed by atoms with Crippen molar-refractivity contribution >= 4 is 17.4 Å². The van der Waals surface area contributed by atoms with Gasteiger partial charge in [-0.1, -0.05) is 24.3 Å². The molecule has 1 heterocycles. The lowest BCUT2D eigenvalue weighted by Crippen LogP contribution is -2.32. The summed E-state index contributed by atoms with van der Waals surface area (Å²) >= 11 is 0. The summed E-state index contributed by atoms with van der Waals surface area (Å²) in [5.74, 6) is -1.13. The highest BCUT2D eigenvalue weighted by atomic mass is 16.5. The lowest BCUT2D eigenvalue weighted by Gasteiger charge is -2.26. The number of aromatic hydroxyl groups is 1. The number of nitrogens with zero attached hydrogens (tertiary/aromatic N) is 2. The molecule has 7 nitrogen and oxygen atoms in total. The number of aliphatic hydroxyl groups excluding tert-OH is 1. The number of aliphatic hydroxyl groups is 1. The summed E-state index contributed by atoms with van der Waals surface area (Å²) in [6.07, 6.45) is 0.661. The maximum atomic E-state index is 12.9. The summed E-state index contributed by atoms with van der Waals surface area (Å²) in [4.78, 5) is 29.2. The van der Waals surface area contributed by atoms with Crippen LogP contribution >= 0.6 is 0 Å². The molecular formula is C23H26N2O5. The number of rotatable bonds is 7. The van der Waals surface area contributed by atoms with Crippen LogP contribution in [0, 0.1) is 0 Å². The van der Waals surface area contributed by atoms with Gasteiger partial charge in [-0.15, -0.1) is 0 Å². The first kappa shape index (κ1) is 21.4. The molecular weight excluding hydrogens is 384 g/mol. The molecule has 1 fully saturated rings. The number of methoxy groups -OCH3 is 1. The van der Waals surface area contributed by atoms with E-state index in [1.807, 2.05) is 19.0 Å². The Morgan fingerprint density at radius 1 is 1.13 bits per heavy atom. The minimum Gasteiger partial charge on any atom is -0.508 e. The van der Waals surface area contributed by atoms with Crippen LogP contribution in [-0.2, 0) is 9.59 Å². The average Bonchev–Trinajstić information content (AvgIpc) is 2.98. The summed E-state index contributed by atoms with van der Waals surface area (Å²) in [6.45, 7) is 1.09. The van der Waals surface area contributed by atoms with Gasteiger partial charge in [0.1, 0.15) is 17.3 Å². The highest BCUT2D eigenvalue weighted by Crippen LogP contribution is 2.40. The maximum Gasteiger partial charge on any atom is 0.295 e. The summed E-state index contributed by atoms with van der Waals surface area (Å²) in [5.41, 5.74) is 0.943. The van der Waals surface area contributed by atoms with Gasteiger partial charge in [-0.3, -0.25) is 9.59 Å². The number of ether oxygens (including phenoxy) is 1. The minimum atomic E-state index is -0.787. The van der Waals surface area contributed by atoms with Gasteiger partial charge in [-0.05, 0) is 56.9 Å². The number of phenolic OH excluding ortho intramolecular Hbond substituents is 1. The normalized spacial score (nSPS) is 18.3. The van der Waals surface area contributed by atoms with E-state index in [4.69, 9.17) is 4.74 Å². The summed E-state index contributed by atoms with van der Waals surface area (Å²) in [7, 11) is 5.38. The molecule has 7 heteroatoms. The van der Waals surface area contributed by atoms with Crippen molar-refractivity contribution in [2.75, 3.05) is 34.3 Å². The van der Waals surface area contributed by atoms with Crippen molar-refractivity contribution in [2.45, 2.75) is 12.5 Å². The second kappa shape index (κ2) is 9.00. The van der Waals surface area contributed by atoms with Crippen LogP contribution in [0.3, 0.4) is 0 Å². The van der Waals surface area contributed by atoms with E-state index in [-0.39, 0.29) is 17.1 Å². The molecule has 0 bridgehead atoms. The van der Waals surface area contributed by atoms with Gasteiger partial charge < -0.3 is 24.7 Å². The van der Waals surface area contributed by atoms with E-state index in [0.717, 1.165) is 6.54 Å². The predicted molar refractivity (Wildman–Crippen MR) is 113 cm³/mol. The molecule has 1 atom stereocenters. The Labute approximate surface area is 175 Å². The lowest BCUT2D eigenvalue weighted by atomic mass is 9.95. The lowest BCUT2D eigenvalue weighted by molar-refractivity contribution is -0.139. The first-order valence-electron chi connectivity index (χ1n) is 9.70. The zero-order valence-electron chi connectivity index (χ0n) is 17.3. The number of amides is 1. The SMILES string of the molecule is COc1cccc(/C(O)=C2\C(=O)C(=O)N(CCCN(C)C)C2c2cccc(O)c2)c1. The van der Waals surface area contributed by atoms with E-state index in [1.165, 1.54) is 24.1 Å². The maximum absolute atomic E-state index is 12.9. The van der Waals surface area contributed by atoms with Crippen LogP contribution in [0.2, 0.25) is 0 Å². The molecule has 3 rings (SSSR count). The highest BCUT2D eigenvalue weighted by Gasteiger charge is 2.45. The number of Topliss-reactive ketones (excluding diaryl/α,β-unsaturated/α-hetero) is 1. The van der Waals surface area contributed by atoms with Crippen molar-refractivity contribution in [3.63, 3.8) is 0 Å². The summed E-state index contributed by atoms with van der Waals surface area (Å²) < 4.78 is 5.21. The fourth-order valence-electron chi connectivity index (χ4n) is 3.64. The quantitative estimate of drug-likeness (QED) is 0.414. The van der Waals surface area contributed by atoms with Crippen molar-refractivity contribution in [1.82, 2.24) is 9.80 Å². The average molecular weight is 410 g/mol. The van der Waals surface area contributed by atoms with Gasteiger partial charge in [0.25, 0.3) is 11.7 Å². The molecule has 0 radical (unpaired) electrons. The fraction of sp³-hybridized carbons (Fsp3) is 0.304. The number of hydrogen-bond acceptors (Lipinski definition) is 6. The number of carbonyl (C=O) groups is 2. The highest BCUT2D eigenvalue weighted by molar-refractivity contribution is 6.46. The topological polar surface area (TPSA) is 90.3 Å². The van der Waals surface area contributed by atoms with E-state index in [9.17, 15) is 19.8 Å². The second-order valence-corrected chi connectivity index (χ2v) is 7.48. The summed E-state index contributed by atoms with van der Waals surface area (Å²) in [5, 5.41) is 21.0. The molecule has 1 aliphatic heterocycles. The van der Waals surface area contributed by atoms with Crippen LogP contribution in [0.5, 0.6) is 11.5 Å². The van der Waals surface area contributed by atoms with Crippen LogP contribution in [0.4, 0.5) is 0 Å². The Hall–Kier alpha value is -3.32. The molecule has 158 valence electrons. The van der Waals surface area contributed by atoms with E-state index >= 15 is 0 Å². The monoisotopic (exact) mass is 410 g/mol. The Morgan fingerprint density at radius 3 is 2.53 bits per heavy atom. The predicted octanol–water partition coefficient (Wildman–Crippen LogP) is 2.77. The first-order chi connectivity index (χ1) is 14.3. The molecule has 1 unspecified atom stereocenters. The Morgan fingerprint density at radius 2 is 1.87 bits per heavy atom. The molecule has 2 aromatic rings.